The van der Waals surface area contributed by atoms with Crippen LogP contribution in [0.4, 0.5) is 0 Å². The topological polar surface area (TPSA) is 38.9 Å². The van der Waals surface area contributed by atoms with Gasteiger partial charge in [0, 0.05) is 48.9 Å². The van der Waals surface area contributed by atoms with Gasteiger partial charge < -0.3 is 14.4 Å². The van der Waals surface area contributed by atoms with Crippen LogP contribution in [0, 0.1) is 31.8 Å². The number of aromatic nitrogens is 2. The first-order valence-corrected chi connectivity index (χ1v) is 17.1. The smallest absolute Gasteiger partial charge is 0.121 e. The zero-order valence-corrected chi connectivity index (χ0v) is 27.7. The van der Waals surface area contributed by atoms with Crippen LogP contribution >= 0.6 is 0 Å². The van der Waals surface area contributed by atoms with Gasteiger partial charge in [-0.05, 0) is 59.8 Å². The van der Waals surface area contributed by atoms with Gasteiger partial charge in [-0.3, -0.25) is 0 Å². The summed E-state index contributed by atoms with van der Waals surface area (Å²) in [7, 11) is -1.23. The molecule has 0 atom stereocenters. The van der Waals surface area contributed by atoms with Crippen LogP contribution in [0.3, 0.4) is 0 Å². The Bertz CT molecular complexity index is 2090. The van der Waals surface area contributed by atoms with E-state index in [0.29, 0.717) is 22.4 Å². The Balaban J connectivity index is 0.000000277. The van der Waals surface area contributed by atoms with E-state index >= 15 is 0 Å². The zero-order chi connectivity index (χ0) is 35.9. The van der Waals surface area contributed by atoms with E-state index in [-0.39, 0.29) is 36.8 Å². The van der Waals surface area contributed by atoms with Gasteiger partial charge in [-0.1, -0.05) is 80.3 Å². The molecule has 0 aliphatic rings. The quantitative estimate of drug-likeness (QED) is 0.130. The summed E-state index contributed by atoms with van der Waals surface area (Å²) in [5, 5.41) is 2.85. The number of pyridine rings is 2. The van der Waals surface area contributed by atoms with Crippen LogP contribution in [-0.4, -0.2) is 18.0 Å². The molecule has 0 spiro atoms. The van der Waals surface area contributed by atoms with Crippen molar-refractivity contribution in [1.29, 1.82) is 0 Å². The second-order valence-electron chi connectivity index (χ2n) is 11.3. The Hall–Kier alpha value is -3.37. The fraction of sp³-hybridized carbons (Fsp3) is 0.243. The third kappa shape index (κ3) is 7.15. The summed E-state index contributed by atoms with van der Waals surface area (Å²) in [5.74, 6) is -0.474. The van der Waals surface area contributed by atoms with Crippen molar-refractivity contribution in [2.45, 2.75) is 53.6 Å². The molecule has 0 aliphatic carbocycles. The molecule has 3 aromatic carbocycles. The number of aryl methyl sites for hydroxylation is 2. The molecular weight excluding hydrogens is 709 g/mol. The zero-order valence-electron chi connectivity index (χ0n) is 32.3. The minimum Gasteiger partial charge on any atom is -0.501 e. The van der Waals surface area contributed by atoms with Crippen LogP contribution in [0.2, 0.25) is 19.6 Å². The molecule has 0 amide bonds. The first kappa shape index (κ1) is 22.2. The molecule has 0 N–H and O–H groups in total. The molecule has 6 rings (SSSR count). The number of hydrogen-bond acceptors (Lipinski definition) is 3. The molecule has 6 aromatic rings. The van der Waals surface area contributed by atoms with Gasteiger partial charge in [-0.2, -0.15) is 0 Å². The van der Waals surface area contributed by atoms with E-state index in [9.17, 15) is 0 Å². The van der Waals surface area contributed by atoms with Gasteiger partial charge in [0.05, 0.1) is 13.7 Å². The molecule has 0 unspecified atom stereocenters. The third-order valence-corrected chi connectivity index (χ3v) is 8.68. The van der Waals surface area contributed by atoms with E-state index in [1.807, 2.05) is 30.5 Å². The summed E-state index contributed by atoms with van der Waals surface area (Å²) in [6.07, 6.45) is 1.31. The summed E-state index contributed by atoms with van der Waals surface area (Å²) in [4.78, 5) is 8.84. The summed E-state index contributed by atoms with van der Waals surface area (Å²) in [6, 6.07) is 28.2. The predicted molar refractivity (Wildman–Crippen MR) is 175 cm³/mol. The van der Waals surface area contributed by atoms with Gasteiger partial charge in [-0.25, -0.2) is 0 Å². The SMILES string of the molecule is C[Si](C)(C)c1ccc(-c2[c-]cccc2)nc1.[2H]C([2H])([2H])c1ccc2c(c1)oc1c(-c3cc(C([2H])([2H])C(C)C)c(C([2H])([2H])[2H])cn3)[c-]ccc12.[Ir]. The first-order chi connectivity index (χ1) is 22.8. The van der Waals surface area contributed by atoms with Crippen LogP contribution in [0.5, 0.6) is 0 Å². The van der Waals surface area contributed by atoms with Crippen LogP contribution in [-0.2, 0) is 26.5 Å². The molecule has 42 heavy (non-hydrogen) atoms. The molecular formula is C37H38IrN2OSi-2. The maximum absolute atomic E-state index is 8.54. The summed E-state index contributed by atoms with van der Waals surface area (Å²) in [6.45, 7) is 5.58. The van der Waals surface area contributed by atoms with E-state index in [4.69, 9.17) is 15.4 Å². The Morgan fingerprint density at radius 2 is 1.71 bits per heavy atom. The van der Waals surface area contributed by atoms with E-state index in [2.05, 4.69) is 53.9 Å². The molecule has 0 aliphatic heterocycles. The Kier molecular flexibility index (Phi) is 7.03. The molecule has 0 saturated heterocycles. The maximum atomic E-state index is 8.54. The standard InChI is InChI=1S/C23H22NO.C14H16NSi.Ir/c1-14(2)10-17-12-21(24-13-16(17)4)20-7-5-6-19-18-9-8-15(3)11-22(18)25-23(19)20;1-16(2,3)13-9-10-14(15-11-13)12-7-5-4-6-8-12;/h5-6,8-9,11-14H,10H2,1-4H3;4-7,9-11H,1-3H3;/q2*-1;/i3D3,4D3,10D2;;. The molecule has 5 heteroatoms. The van der Waals surface area contributed by atoms with Crippen LogP contribution in [0.15, 0.2) is 89.6 Å². The maximum Gasteiger partial charge on any atom is 0.121 e. The Morgan fingerprint density at radius 1 is 0.881 bits per heavy atom. The monoisotopic (exact) mass is 755 g/mol. The molecule has 0 saturated carbocycles. The van der Waals surface area contributed by atoms with Crippen LogP contribution < -0.4 is 5.19 Å². The number of fused-ring (bicyclic) bond motifs is 3. The van der Waals surface area contributed by atoms with Crippen molar-refractivity contribution < 1.29 is 35.5 Å². The van der Waals surface area contributed by atoms with Crippen molar-refractivity contribution >= 4 is 35.2 Å². The van der Waals surface area contributed by atoms with E-state index in [0.717, 1.165) is 22.0 Å². The molecule has 217 valence electrons. The largest absolute Gasteiger partial charge is 0.501 e. The molecule has 0 fully saturated rings. The number of benzene rings is 3. The van der Waals surface area contributed by atoms with Crippen molar-refractivity contribution in [1.82, 2.24) is 9.97 Å². The van der Waals surface area contributed by atoms with E-state index < -0.39 is 34.1 Å². The predicted octanol–water partition coefficient (Wildman–Crippen LogP) is 9.36. The van der Waals surface area contributed by atoms with Crippen molar-refractivity contribution in [2.24, 2.45) is 5.92 Å². The summed E-state index contributed by atoms with van der Waals surface area (Å²) >= 11 is 0. The number of hydrogen-bond donors (Lipinski definition) is 0. The average molecular weight is 755 g/mol. The van der Waals surface area contributed by atoms with Gasteiger partial charge in [0.15, 0.2) is 0 Å². The fourth-order valence-corrected chi connectivity index (χ4v) is 5.54. The van der Waals surface area contributed by atoms with Crippen LogP contribution in [0.25, 0.3) is 44.5 Å². The Labute approximate surface area is 276 Å². The number of nitrogens with zero attached hydrogens (tertiary/aromatic N) is 2. The molecule has 0 bridgehead atoms. The second-order valence-corrected chi connectivity index (χ2v) is 16.4. The molecule has 3 nitrogen and oxygen atoms in total. The van der Waals surface area contributed by atoms with Crippen molar-refractivity contribution in [3.63, 3.8) is 0 Å². The average Bonchev–Trinajstić information content (AvgIpc) is 3.42. The summed E-state index contributed by atoms with van der Waals surface area (Å²) in [5.41, 5.74) is 3.72. The van der Waals surface area contributed by atoms with Crippen LogP contribution in [0.1, 0.15) is 41.5 Å². The minimum absolute atomic E-state index is 0. The fourth-order valence-electron chi connectivity index (χ4n) is 4.50. The van der Waals surface area contributed by atoms with Gasteiger partial charge in [0.2, 0.25) is 0 Å². The third-order valence-electron chi connectivity index (χ3n) is 6.65. The number of furan rings is 1. The molecule has 1 radical (unpaired) electrons. The van der Waals surface area contributed by atoms with Gasteiger partial charge >= 0.3 is 0 Å². The second kappa shape index (κ2) is 13.3. The van der Waals surface area contributed by atoms with E-state index in [1.165, 1.54) is 23.5 Å². The van der Waals surface area contributed by atoms with Gasteiger partial charge in [0.1, 0.15) is 5.58 Å². The minimum atomic E-state index is -2.52. The van der Waals surface area contributed by atoms with E-state index in [1.54, 1.807) is 38.1 Å². The normalized spacial score (nSPS) is 15.1. The van der Waals surface area contributed by atoms with Gasteiger partial charge in [-0.15, -0.1) is 54.1 Å². The number of rotatable bonds is 5. The first-order valence-electron chi connectivity index (χ1n) is 17.6. The van der Waals surface area contributed by atoms with Gasteiger partial charge in [0.25, 0.3) is 0 Å². The molecule has 3 heterocycles. The van der Waals surface area contributed by atoms with Crippen molar-refractivity contribution in [3.8, 4) is 22.5 Å². The van der Waals surface area contributed by atoms with Crippen molar-refractivity contribution in [2.75, 3.05) is 0 Å². The van der Waals surface area contributed by atoms with Crippen molar-refractivity contribution in [3.05, 3.63) is 114 Å². The molecule has 3 aromatic heterocycles. The Morgan fingerprint density at radius 3 is 2.38 bits per heavy atom. The summed E-state index contributed by atoms with van der Waals surface area (Å²) < 4.78 is 69.5.